The van der Waals surface area contributed by atoms with Crippen LogP contribution < -0.4 is 0 Å². The van der Waals surface area contributed by atoms with Crippen molar-refractivity contribution in [1.82, 2.24) is 9.78 Å². The molecule has 0 saturated carbocycles. The van der Waals surface area contributed by atoms with Gasteiger partial charge in [-0.2, -0.15) is 5.10 Å². The van der Waals surface area contributed by atoms with Gasteiger partial charge in [0.2, 0.25) is 0 Å². The average Bonchev–Trinajstić information content (AvgIpc) is 2.45. The molecule has 5 heteroatoms. The summed E-state index contributed by atoms with van der Waals surface area (Å²) in [6.07, 6.45) is 0.958. The predicted molar refractivity (Wildman–Crippen MR) is 61.6 cm³/mol. The van der Waals surface area contributed by atoms with Gasteiger partial charge in [0.05, 0.1) is 22.0 Å². The molecule has 1 rings (SSSR count). The van der Waals surface area contributed by atoms with Crippen LogP contribution in [0.2, 0.25) is 0 Å². The van der Waals surface area contributed by atoms with Crippen LogP contribution in [0, 0.1) is 0 Å². The maximum Gasteiger partial charge on any atom is 0.125 e. The zero-order valence-electron chi connectivity index (χ0n) is 9.49. The number of hydrogen-bond donors (Lipinski definition) is 1. The highest BCUT2D eigenvalue weighted by molar-refractivity contribution is 9.10. The fraction of sp³-hybridized carbons (Fsp3) is 0.700. The molecule has 0 fully saturated rings. The van der Waals surface area contributed by atoms with Crippen LogP contribution in [0.1, 0.15) is 32.6 Å². The lowest BCUT2D eigenvalue weighted by Crippen LogP contribution is -2.34. The van der Waals surface area contributed by atoms with E-state index in [2.05, 4.69) is 21.0 Å². The Balaban J connectivity index is 2.98. The van der Waals surface area contributed by atoms with E-state index in [9.17, 15) is 5.11 Å². The second kappa shape index (κ2) is 4.63. The van der Waals surface area contributed by atoms with E-state index < -0.39 is 11.7 Å². The minimum absolute atomic E-state index is 0.569. The Labute approximate surface area is 98.4 Å². The molecule has 1 aromatic rings. The number of aryl methyl sites for hydroxylation is 1. The number of ether oxygens (including phenoxy) is 1. The molecule has 0 bridgehead atoms. The molecule has 0 aliphatic carbocycles. The Kier molecular flexibility index (Phi) is 3.92. The minimum Gasteiger partial charge on any atom is -0.384 e. The van der Waals surface area contributed by atoms with E-state index in [1.54, 1.807) is 17.9 Å². The van der Waals surface area contributed by atoms with E-state index in [1.165, 1.54) is 0 Å². The standard InChI is InChI=1S/C10H17BrN2O2/c1-5-15-10(2,3)9(14)8-7(11)6-12-13(8)4/h6,9,14H,5H2,1-4H3. The van der Waals surface area contributed by atoms with Crippen LogP contribution >= 0.6 is 15.9 Å². The van der Waals surface area contributed by atoms with Gasteiger partial charge in [-0.25, -0.2) is 0 Å². The maximum absolute atomic E-state index is 10.2. The van der Waals surface area contributed by atoms with Crippen LogP contribution in [0.4, 0.5) is 0 Å². The van der Waals surface area contributed by atoms with E-state index >= 15 is 0 Å². The summed E-state index contributed by atoms with van der Waals surface area (Å²) in [5.41, 5.74) is 0.110. The summed E-state index contributed by atoms with van der Waals surface area (Å²) < 4.78 is 7.96. The summed E-state index contributed by atoms with van der Waals surface area (Å²) in [6.45, 7) is 6.20. The zero-order valence-corrected chi connectivity index (χ0v) is 11.1. The van der Waals surface area contributed by atoms with Crippen LogP contribution in [-0.2, 0) is 11.8 Å². The summed E-state index contributed by atoms with van der Waals surface area (Å²) in [5.74, 6) is 0. The van der Waals surface area contributed by atoms with Crippen molar-refractivity contribution < 1.29 is 9.84 Å². The Hall–Kier alpha value is -0.390. The van der Waals surface area contributed by atoms with E-state index in [1.807, 2.05) is 20.8 Å². The number of aliphatic hydroxyl groups excluding tert-OH is 1. The molecule has 15 heavy (non-hydrogen) atoms. The fourth-order valence-corrected chi connectivity index (χ4v) is 2.07. The highest BCUT2D eigenvalue weighted by Crippen LogP contribution is 2.32. The predicted octanol–water partition coefficient (Wildman–Crippen LogP) is 2.03. The van der Waals surface area contributed by atoms with Gasteiger partial charge in [0.25, 0.3) is 0 Å². The summed E-state index contributed by atoms with van der Waals surface area (Å²) in [5, 5.41) is 14.3. The Bertz CT molecular complexity index is 317. The smallest absolute Gasteiger partial charge is 0.125 e. The second-order valence-electron chi connectivity index (χ2n) is 3.94. The Morgan fingerprint density at radius 1 is 1.67 bits per heavy atom. The van der Waals surface area contributed by atoms with Crippen molar-refractivity contribution in [2.24, 2.45) is 7.05 Å². The van der Waals surface area contributed by atoms with Crippen LogP contribution in [0.5, 0.6) is 0 Å². The summed E-state index contributed by atoms with van der Waals surface area (Å²) in [7, 11) is 1.80. The third-order valence-electron chi connectivity index (χ3n) is 2.37. The van der Waals surface area contributed by atoms with Gasteiger partial charge < -0.3 is 9.84 Å². The molecule has 1 aromatic heterocycles. The van der Waals surface area contributed by atoms with Crippen molar-refractivity contribution in [2.45, 2.75) is 32.5 Å². The maximum atomic E-state index is 10.2. The third kappa shape index (κ3) is 2.59. The molecule has 1 atom stereocenters. The lowest BCUT2D eigenvalue weighted by Gasteiger charge is -2.30. The van der Waals surface area contributed by atoms with Crippen LogP contribution in [0.25, 0.3) is 0 Å². The molecule has 0 aliphatic rings. The van der Waals surface area contributed by atoms with Gasteiger partial charge in [-0.15, -0.1) is 0 Å². The molecule has 1 heterocycles. The lowest BCUT2D eigenvalue weighted by atomic mass is 9.98. The van der Waals surface area contributed by atoms with Crippen LogP contribution in [0.15, 0.2) is 10.7 Å². The topological polar surface area (TPSA) is 47.3 Å². The molecular formula is C10H17BrN2O2. The van der Waals surface area contributed by atoms with Gasteiger partial charge in [0, 0.05) is 13.7 Å². The van der Waals surface area contributed by atoms with Gasteiger partial charge in [-0.05, 0) is 36.7 Å². The molecule has 1 N–H and O–H groups in total. The Morgan fingerprint density at radius 2 is 2.27 bits per heavy atom. The lowest BCUT2D eigenvalue weighted by molar-refractivity contribution is -0.101. The molecule has 0 spiro atoms. The fourth-order valence-electron chi connectivity index (χ4n) is 1.51. The normalized spacial score (nSPS) is 14.3. The van der Waals surface area contributed by atoms with Crippen molar-refractivity contribution in [1.29, 1.82) is 0 Å². The van der Waals surface area contributed by atoms with Gasteiger partial charge in [-0.1, -0.05) is 0 Å². The number of aromatic nitrogens is 2. The number of aliphatic hydroxyl groups is 1. The van der Waals surface area contributed by atoms with Gasteiger partial charge in [0.1, 0.15) is 6.10 Å². The van der Waals surface area contributed by atoms with Crippen molar-refractivity contribution in [3.8, 4) is 0 Å². The molecule has 86 valence electrons. The number of nitrogens with zero attached hydrogens (tertiary/aromatic N) is 2. The van der Waals surface area contributed by atoms with E-state index in [0.29, 0.717) is 6.61 Å². The van der Waals surface area contributed by atoms with Crippen molar-refractivity contribution in [3.05, 3.63) is 16.4 Å². The van der Waals surface area contributed by atoms with Gasteiger partial charge in [0.15, 0.2) is 0 Å². The van der Waals surface area contributed by atoms with E-state index in [-0.39, 0.29) is 0 Å². The van der Waals surface area contributed by atoms with Crippen LogP contribution in [-0.4, -0.2) is 27.1 Å². The number of rotatable bonds is 4. The molecule has 0 aliphatic heterocycles. The molecule has 0 amide bonds. The minimum atomic E-state index is -0.709. The first-order valence-corrected chi connectivity index (χ1v) is 5.69. The van der Waals surface area contributed by atoms with Crippen molar-refractivity contribution in [3.63, 3.8) is 0 Å². The second-order valence-corrected chi connectivity index (χ2v) is 4.79. The first kappa shape index (κ1) is 12.7. The average molecular weight is 277 g/mol. The van der Waals surface area contributed by atoms with E-state index in [4.69, 9.17) is 4.74 Å². The molecule has 0 saturated heterocycles. The quantitative estimate of drug-likeness (QED) is 0.916. The van der Waals surface area contributed by atoms with Crippen molar-refractivity contribution >= 4 is 15.9 Å². The summed E-state index contributed by atoms with van der Waals surface area (Å²) in [6, 6.07) is 0. The van der Waals surface area contributed by atoms with Gasteiger partial charge >= 0.3 is 0 Å². The molecular weight excluding hydrogens is 260 g/mol. The molecule has 0 radical (unpaired) electrons. The van der Waals surface area contributed by atoms with E-state index in [0.717, 1.165) is 10.2 Å². The van der Waals surface area contributed by atoms with Crippen molar-refractivity contribution in [2.75, 3.05) is 6.61 Å². The molecule has 1 unspecified atom stereocenters. The monoisotopic (exact) mass is 276 g/mol. The molecule has 0 aromatic carbocycles. The first-order valence-electron chi connectivity index (χ1n) is 4.89. The highest BCUT2D eigenvalue weighted by atomic mass is 79.9. The largest absolute Gasteiger partial charge is 0.384 e. The third-order valence-corrected chi connectivity index (χ3v) is 2.98. The number of hydrogen-bond acceptors (Lipinski definition) is 3. The highest BCUT2D eigenvalue weighted by Gasteiger charge is 2.33. The molecule has 4 nitrogen and oxygen atoms in total. The number of halogens is 1. The summed E-state index contributed by atoms with van der Waals surface area (Å²) >= 11 is 3.36. The summed E-state index contributed by atoms with van der Waals surface area (Å²) in [4.78, 5) is 0. The SMILES string of the molecule is CCOC(C)(C)C(O)c1c(Br)cnn1C. The van der Waals surface area contributed by atoms with Crippen LogP contribution in [0.3, 0.4) is 0 Å². The van der Waals surface area contributed by atoms with Gasteiger partial charge in [-0.3, -0.25) is 4.68 Å². The zero-order chi connectivity index (χ0) is 11.6. The Morgan fingerprint density at radius 3 is 2.67 bits per heavy atom. The first-order chi connectivity index (χ1) is 6.90.